The smallest absolute Gasteiger partial charge is 0.417 e. The predicted molar refractivity (Wildman–Crippen MR) is 120 cm³/mol. The second kappa shape index (κ2) is 8.82. The average molecular weight is 429 g/mol. The molecule has 3 aromatic carbocycles. The summed E-state index contributed by atoms with van der Waals surface area (Å²) in [4.78, 5) is 12.3. The van der Waals surface area contributed by atoms with Crippen molar-refractivity contribution >= 4 is 22.7 Å². The number of carbonyl (C=O) groups is 1. The van der Waals surface area contributed by atoms with Gasteiger partial charge in [0.05, 0.1) is 23.9 Å². The summed E-state index contributed by atoms with van der Waals surface area (Å²) < 4.78 is 25.6. The van der Waals surface area contributed by atoms with Crippen molar-refractivity contribution in [2.24, 2.45) is 0 Å². The van der Waals surface area contributed by atoms with Gasteiger partial charge in [-0.1, -0.05) is 12.1 Å². The Morgan fingerprint density at radius 2 is 1.84 bits per heavy atom. The van der Waals surface area contributed by atoms with E-state index in [0.717, 1.165) is 22.2 Å². The molecule has 0 bridgehead atoms. The summed E-state index contributed by atoms with van der Waals surface area (Å²) in [6, 6.07) is 20.3. The van der Waals surface area contributed by atoms with Crippen LogP contribution in [0.4, 0.5) is 14.9 Å². The number of fused-ring (bicyclic) bond motifs is 1. The van der Waals surface area contributed by atoms with Crippen molar-refractivity contribution in [3.8, 4) is 28.8 Å². The van der Waals surface area contributed by atoms with Crippen LogP contribution < -0.4 is 14.8 Å². The summed E-state index contributed by atoms with van der Waals surface area (Å²) in [5, 5.41) is 13.4. The molecule has 0 atom stereocenters. The van der Waals surface area contributed by atoms with E-state index in [0.29, 0.717) is 23.5 Å². The summed E-state index contributed by atoms with van der Waals surface area (Å²) in [5.74, 6) is 0.522. The van der Waals surface area contributed by atoms with Gasteiger partial charge in [0.15, 0.2) is 0 Å². The molecule has 0 aliphatic carbocycles. The topological polar surface area (TPSA) is 76.3 Å². The largest absolute Gasteiger partial charge is 0.497 e. The van der Waals surface area contributed by atoms with Crippen LogP contribution in [-0.2, 0) is 6.54 Å². The van der Waals surface area contributed by atoms with Gasteiger partial charge in [-0.3, -0.25) is 5.32 Å². The molecule has 4 rings (SSSR count). The minimum absolute atomic E-state index is 0.229. The molecular weight excluding hydrogens is 409 g/mol. The summed E-state index contributed by atoms with van der Waals surface area (Å²) in [5.41, 5.74) is 3.49. The first-order valence-corrected chi connectivity index (χ1v) is 9.99. The third-order valence-corrected chi connectivity index (χ3v) is 5.11. The van der Waals surface area contributed by atoms with Gasteiger partial charge in [0.25, 0.3) is 0 Å². The van der Waals surface area contributed by atoms with E-state index in [-0.39, 0.29) is 5.75 Å². The number of hydrogen-bond acceptors (Lipinski definition) is 4. The maximum Gasteiger partial charge on any atom is 0.417 e. The lowest BCUT2D eigenvalue weighted by Gasteiger charge is -2.11. The molecule has 0 aliphatic heterocycles. The predicted octanol–water partition coefficient (Wildman–Crippen LogP) is 5.96. The number of nitrogens with one attached hydrogen (secondary N) is 1. The first-order chi connectivity index (χ1) is 15.5. The first-order valence-electron chi connectivity index (χ1n) is 9.99. The van der Waals surface area contributed by atoms with Crippen LogP contribution in [0.5, 0.6) is 11.5 Å². The normalized spacial score (nSPS) is 10.6. The van der Waals surface area contributed by atoms with E-state index < -0.39 is 11.9 Å². The zero-order valence-corrected chi connectivity index (χ0v) is 17.6. The number of rotatable bonds is 5. The van der Waals surface area contributed by atoms with Gasteiger partial charge in [-0.15, -0.1) is 0 Å². The number of aryl methyl sites for hydroxylation is 1. The van der Waals surface area contributed by atoms with Crippen molar-refractivity contribution in [3.05, 3.63) is 78.1 Å². The van der Waals surface area contributed by atoms with E-state index >= 15 is 0 Å². The zero-order chi connectivity index (χ0) is 22.7. The fourth-order valence-electron chi connectivity index (χ4n) is 3.70. The van der Waals surface area contributed by atoms with Gasteiger partial charge in [-0.05, 0) is 55.5 Å². The fraction of sp³-hybridized carbons (Fsp3) is 0.120. The molecule has 0 fully saturated rings. The van der Waals surface area contributed by atoms with Crippen LogP contribution in [0.1, 0.15) is 12.5 Å². The van der Waals surface area contributed by atoms with Gasteiger partial charge in [0, 0.05) is 29.2 Å². The monoisotopic (exact) mass is 429 g/mol. The van der Waals surface area contributed by atoms with Gasteiger partial charge in [-0.2, -0.15) is 5.26 Å². The standard InChI is InChI=1S/C25H20FN3O3/c1-3-29-23-14-20(31-2)11-12-21(23)22(15-27)24(29)16-5-4-6-18(13-16)28-25(30)32-19-9-7-17(26)8-10-19/h4-14H,3H2,1-2H3,(H,28,30). The molecule has 0 saturated carbocycles. The van der Waals surface area contributed by atoms with Crippen LogP contribution in [0.15, 0.2) is 66.7 Å². The number of ether oxygens (including phenoxy) is 2. The molecule has 0 unspecified atom stereocenters. The van der Waals surface area contributed by atoms with Gasteiger partial charge < -0.3 is 14.0 Å². The summed E-state index contributed by atoms with van der Waals surface area (Å²) in [6.07, 6.45) is -0.699. The fourth-order valence-corrected chi connectivity index (χ4v) is 3.70. The number of nitrogens with zero attached hydrogens (tertiary/aromatic N) is 2. The maximum atomic E-state index is 13.0. The Labute approximate surface area is 184 Å². The molecule has 0 spiro atoms. The number of benzene rings is 3. The second-order valence-corrected chi connectivity index (χ2v) is 7.01. The molecule has 0 saturated heterocycles. The molecule has 1 aromatic heterocycles. The molecule has 1 heterocycles. The lowest BCUT2D eigenvalue weighted by atomic mass is 10.1. The first kappa shape index (κ1) is 20.9. The minimum atomic E-state index is -0.699. The van der Waals surface area contributed by atoms with Crippen LogP contribution in [0.3, 0.4) is 0 Å². The Balaban J connectivity index is 1.69. The number of nitriles is 1. The molecule has 6 nitrogen and oxygen atoms in total. The molecule has 4 aromatic rings. The number of carbonyl (C=O) groups excluding carboxylic acids is 1. The summed E-state index contributed by atoms with van der Waals surface area (Å²) >= 11 is 0. The van der Waals surface area contributed by atoms with E-state index in [1.807, 2.05) is 35.8 Å². The number of hydrogen-bond donors (Lipinski definition) is 1. The quantitative estimate of drug-likeness (QED) is 0.425. The van der Waals surface area contributed by atoms with Crippen LogP contribution in [0.25, 0.3) is 22.2 Å². The number of aromatic nitrogens is 1. The van der Waals surface area contributed by atoms with Crippen LogP contribution in [0, 0.1) is 17.1 Å². The summed E-state index contributed by atoms with van der Waals surface area (Å²) in [6.45, 7) is 2.65. The van der Waals surface area contributed by atoms with Crippen molar-refractivity contribution < 1.29 is 18.7 Å². The number of amides is 1. The average Bonchev–Trinajstić information content (AvgIpc) is 3.13. The van der Waals surface area contributed by atoms with Gasteiger partial charge in [0.2, 0.25) is 0 Å². The Bertz CT molecular complexity index is 1340. The third kappa shape index (κ3) is 3.98. The highest BCUT2D eigenvalue weighted by Crippen LogP contribution is 2.36. The molecule has 1 amide bonds. The Hall–Kier alpha value is -4.31. The SMILES string of the molecule is CCn1c(-c2cccc(NC(=O)Oc3ccc(F)cc3)c2)c(C#N)c2ccc(OC)cc21. The van der Waals surface area contributed by atoms with Gasteiger partial charge >= 0.3 is 6.09 Å². The van der Waals surface area contributed by atoms with Crippen molar-refractivity contribution in [3.63, 3.8) is 0 Å². The van der Waals surface area contributed by atoms with Gasteiger partial charge in [-0.25, -0.2) is 9.18 Å². The summed E-state index contributed by atoms with van der Waals surface area (Å²) in [7, 11) is 1.60. The van der Waals surface area contributed by atoms with Crippen LogP contribution >= 0.6 is 0 Å². The zero-order valence-electron chi connectivity index (χ0n) is 17.6. The molecule has 0 radical (unpaired) electrons. The Morgan fingerprint density at radius 1 is 1.09 bits per heavy atom. The Morgan fingerprint density at radius 3 is 2.53 bits per heavy atom. The number of halogens is 1. The lowest BCUT2D eigenvalue weighted by molar-refractivity contribution is 0.215. The third-order valence-electron chi connectivity index (χ3n) is 5.11. The molecule has 32 heavy (non-hydrogen) atoms. The van der Waals surface area contributed by atoms with Crippen LogP contribution in [0.2, 0.25) is 0 Å². The highest BCUT2D eigenvalue weighted by molar-refractivity contribution is 5.96. The van der Waals surface area contributed by atoms with Crippen molar-refractivity contribution in [2.45, 2.75) is 13.5 Å². The van der Waals surface area contributed by atoms with Gasteiger partial charge in [0.1, 0.15) is 23.4 Å². The van der Waals surface area contributed by atoms with Crippen molar-refractivity contribution in [1.82, 2.24) is 4.57 Å². The molecule has 0 aliphatic rings. The minimum Gasteiger partial charge on any atom is -0.497 e. The Kier molecular flexibility index (Phi) is 5.77. The number of anilines is 1. The van der Waals surface area contributed by atoms with E-state index in [1.54, 1.807) is 25.3 Å². The number of methoxy groups -OCH3 is 1. The van der Waals surface area contributed by atoms with E-state index in [9.17, 15) is 14.4 Å². The van der Waals surface area contributed by atoms with E-state index in [2.05, 4.69) is 11.4 Å². The molecule has 160 valence electrons. The maximum absolute atomic E-state index is 13.0. The van der Waals surface area contributed by atoms with Crippen molar-refractivity contribution in [2.75, 3.05) is 12.4 Å². The lowest BCUT2D eigenvalue weighted by Crippen LogP contribution is -2.16. The second-order valence-electron chi connectivity index (χ2n) is 7.01. The molecular formula is C25H20FN3O3. The molecule has 7 heteroatoms. The van der Waals surface area contributed by atoms with E-state index in [4.69, 9.17) is 9.47 Å². The van der Waals surface area contributed by atoms with E-state index in [1.165, 1.54) is 24.3 Å². The highest BCUT2D eigenvalue weighted by Gasteiger charge is 2.19. The van der Waals surface area contributed by atoms with Crippen LogP contribution in [-0.4, -0.2) is 17.8 Å². The molecule has 1 N–H and O–H groups in total. The van der Waals surface area contributed by atoms with Crippen molar-refractivity contribution in [1.29, 1.82) is 5.26 Å². The highest BCUT2D eigenvalue weighted by atomic mass is 19.1.